The van der Waals surface area contributed by atoms with Gasteiger partial charge in [-0.25, -0.2) is 13.1 Å². The summed E-state index contributed by atoms with van der Waals surface area (Å²) < 4.78 is 32.2. The molecule has 1 N–H and O–H groups in total. The summed E-state index contributed by atoms with van der Waals surface area (Å²) in [7, 11) is -3.05. The van der Waals surface area contributed by atoms with Gasteiger partial charge >= 0.3 is 0 Å². The molecular formula is C16H30N2O3S. The first-order valence-electron chi connectivity index (χ1n) is 8.99. The zero-order chi connectivity index (χ0) is 15.4. The van der Waals surface area contributed by atoms with Crippen LogP contribution < -0.4 is 4.72 Å². The van der Waals surface area contributed by atoms with Gasteiger partial charge in [-0.1, -0.05) is 25.7 Å². The van der Waals surface area contributed by atoms with Gasteiger partial charge in [0.25, 0.3) is 0 Å². The second-order valence-electron chi connectivity index (χ2n) is 7.06. The fourth-order valence-corrected chi connectivity index (χ4v) is 5.12. The van der Waals surface area contributed by atoms with Gasteiger partial charge in [-0.3, -0.25) is 4.90 Å². The van der Waals surface area contributed by atoms with E-state index < -0.39 is 10.0 Å². The molecule has 128 valence electrons. The Labute approximate surface area is 134 Å². The average Bonchev–Trinajstić information content (AvgIpc) is 3.34. The molecule has 2 saturated carbocycles. The minimum Gasteiger partial charge on any atom is -0.376 e. The summed E-state index contributed by atoms with van der Waals surface area (Å²) in [6.45, 7) is 3.31. The van der Waals surface area contributed by atoms with Gasteiger partial charge in [0, 0.05) is 25.7 Å². The van der Waals surface area contributed by atoms with E-state index in [0.29, 0.717) is 6.54 Å². The van der Waals surface area contributed by atoms with Crippen LogP contribution >= 0.6 is 0 Å². The predicted molar refractivity (Wildman–Crippen MR) is 87.4 cm³/mol. The van der Waals surface area contributed by atoms with Gasteiger partial charge in [0.05, 0.1) is 18.0 Å². The third-order valence-electron chi connectivity index (χ3n) is 5.24. The Morgan fingerprint density at radius 1 is 1.05 bits per heavy atom. The van der Waals surface area contributed by atoms with Crippen LogP contribution in [0.3, 0.4) is 0 Å². The largest absolute Gasteiger partial charge is 0.376 e. The van der Waals surface area contributed by atoms with Crippen molar-refractivity contribution in [1.29, 1.82) is 0 Å². The topological polar surface area (TPSA) is 58.6 Å². The van der Waals surface area contributed by atoms with E-state index in [2.05, 4.69) is 9.62 Å². The Balaban J connectivity index is 1.42. The Kier molecular flexibility index (Phi) is 5.76. The minimum atomic E-state index is -3.05. The molecule has 3 rings (SSSR count). The summed E-state index contributed by atoms with van der Waals surface area (Å²) in [6, 6.07) is 0.719. The van der Waals surface area contributed by atoms with Gasteiger partial charge in [0.15, 0.2) is 0 Å². The molecule has 1 aliphatic heterocycles. The van der Waals surface area contributed by atoms with Crippen molar-refractivity contribution in [1.82, 2.24) is 9.62 Å². The average molecular weight is 330 g/mol. The summed E-state index contributed by atoms with van der Waals surface area (Å²) in [4.78, 5) is 2.59. The molecule has 0 spiro atoms. The van der Waals surface area contributed by atoms with E-state index >= 15 is 0 Å². The Bertz CT molecular complexity index is 442. The minimum absolute atomic E-state index is 0.123. The van der Waals surface area contributed by atoms with Crippen molar-refractivity contribution < 1.29 is 13.2 Å². The quantitative estimate of drug-likeness (QED) is 0.756. The van der Waals surface area contributed by atoms with Crippen molar-refractivity contribution in [2.45, 2.75) is 75.2 Å². The number of nitrogens with one attached hydrogen (secondary N) is 1. The smallest absolute Gasteiger partial charge is 0.214 e. The maximum atomic E-state index is 11.8. The standard InChI is InChI=1S/C16H30N2O3S/c19-22(20,16-7-8-16)17-10-9-15-13-18(11-12-21-15)14-5-3-1-2-4-6-14/h14-17H,1-13H2/t15-/m0/s1. The lowest BCUT2D eigenvalue weighted by atomic mass is 10.1. The number of hydrogen-bond acceptors (Lipinski definition) is 4. The monoisotopic (exact) mass is 330 g/mol. The molecule has 3 fully saturated rings. The molecule has 0 aromatic heterocycles. The van der Waals surface area contributed by atoms with Crippen LogP contribution in [0.1, 0.15) is 57.8 Å². The Morgan fingerprint density at radius 2 is 1.77 bits per heavy atom. The molecular weight excluding hydrogens is 300 g/mol. The molecule has 0 unspecified atom stereocenters. The van der Waals surface area contributed by atoms with Crippen molar-refractivity contribution in [3.05, 3.63) is 0 Å². The predicted octanol–water partition coefficient (Wildman–Crippen LogP) is 1.88. The maximum Gasteiger partial charge on any atom is 0.214 e. The lowest BCUT2D eigenvalue weighted by molar-refractivity contribution is -0.0475. The lowest BCUT2D eigenvalue weighted by Crippen LogP contribution is -2.48. The SMILES string of the molecule is O=S(=O)(NCC[C@H]1CN(C2CCCCCC2)CCO1)C1CC1. The van der Waals surface area contributed by atoms with Gasteiger partial charge in [-0.15, -0.1) is 0 Å². The molecule has 0 aromatic carbocycles. The van der Waals surface area contributed by atoms with Crippen molar-refractivity contribution in [3.63, 3.8) is 0 Å². The first-order valence-corrected chi connectivity index (χ1v) is 10.5. The lowest BCUT2D eigenvalue weighted by Gasteiger charge is -2.38. The van der Waals surface area contributed by atoms with Crippen molar-refractivity contribution in [2.75, 3.05) is 26.2 Å². The normalized spacial score (nSPS) is 29.4. The molecule has 6 heteroatoms. The highest BCUT2D eigenvalue weighted by atomic mass is 32.2. The van der Waals surface area contributed by atoms with Gasteiger partial charge < -0.3 is 4.74 Å². The second kappa shape index (κ2) is 7.60. The Morgan fingerprint density at radius 3 is 2.45 bits per heavy atom. The van der Waals surface area contributed by atoms with Crippen molar-refractivity contribution in [3.8, 4) is 0 Å². The van der Waals surface area contributed by atoms with E-state index in [9.17, 15) is 8.42 Å². The number of nitrogens with zero attached hydrogens (tertiary/aromatic N) is 1. The van der Waals surface area contributed by atoms with Gasteiger partial charge in [-0.05, 0) is 32.1 Å². The summed E-state index contributed by atoms with van der Waals surface area (Å²) in [5.41, 5.74) is 0. The van der Waals surface area contributed by atoms with Crippen LogP contribution in [0.4, 0.5) is 0 Å². The number of hydrogen-bond donors (Lipinski definition) is 1. The molecule has 1 saturated heterocycles. The van der Waals surface area contributed by atoms with E-state index in [1.165, 1.54) is 38.5 Å². The van der Waals surface area contributed by atoms with Crippen molar-refractivity contribution >= 4 is 10.0 Å². The fraction of sp³-hybridized carbons (Fsp3) is 1.00. The first kappa shape index (κ1) is 16.7. The van der Waals surface area contributed by atoms with E-state index in [4.69, 9.17) is 4.74 Å². The summed E-state index contributed by atoms with van der Waals surface area (Å²) >= 11 is 0. The van der Waals surface area contributed by atoms with Crippen LogP contribution in [0.5, 0.6) is 0 Å². The molecule has 22 heavy (non-hydrogen) atoms. The fourth-order valence-electron chi connectivity index (χ4n) is 3.73. The van der Waals surface area contributed by atoms with Gasteiger partial charge in [0.2, 0.25) is 10.0 Å². The van der Waals surface area contributed by atoms with Gasteiger partial charge in [0.1, 0.15) is 0 Å². The molecule has 1 atom stereocenters. The second-order valence-corrected chi connectivity index (χ2v) is 9.11. The van der Waals surface area contributed by atoms with E-state index in [1.807, 2.05) is 0 Å². The third kappa shape index (κ3) is 4.66. The number of rotatable bonds is 6. The third-order valence-corrected chi connectivity index (χ3v) is 7.20. The highest BCUT2D eigenvalue weighted by Gasteiger charge is 2.35. The zero-order valence-electron chi connectivity index (χ0n) is 13.5. The Hall–Kier alpha value is -0.170. The van der Waals surface area contributed by atoms with Gasteiger partial charge in [-0.2, -0.15) is 0 Å². The molecule has 0 bridgehead atoms. The highest BCUT2D eigenvalue weighted by Crippen LogP contribution is 2.27. The van der Waals surface area contributed by atoms with Crippen LogP contribution in [0.2, 0.25) is 0 Å². The van der Waals surface area contributed by atoms with E-state index in [-0.39, 0.29) is 11.4 Å². The molecule has 1 heterocycles. The summed E-state index contributed by atoms with van der Waals surface area (Å²) in [5.74, 6) is 0. The van der Waals surface area contributed by atoms with E-state index in [0.717, 1.165) is 45.0 Å². The molecule has 0 amide bonds. The molecule has 2 aliphatic carbocycles. The van der Waals surface area contributed by atoms with E-state index in [1.54, 1.807) is 0 Å². The number of morpholine rings is 1. The maximum absolute atomic E-state index is 11.8. The molecule has 3 aliphatic rings. The number of ether oxygens (including phenoxy) is 1. The summed E-state index contributed by atoms with van der Waals surface area (Å²) in [5, 5.41) is -0.123. The zero-order valence-corrected chi connectivity index (χ0v) is 14.3. The molecule has 0 radical (unpaired) electrons. The highest BCUT2D eigenvalue weighted by molar-refractivity contribution is 7.90. The van der Waals surface area contributed by atoms with Crippen LogP contribution in [0.25, 0.3) is 0 Å². The van der Waals surface area contributed by atoms with Crippen molar-refractivity contribution in [2.24, 2.45) is 0 Å². The first-order chi connectivity index (χ1) is 10.6. The van der Waals surface area contributed by atoms with Crippen LogP contribution in [0, 0.1) is 0 Å². The molecule has 0 aromatic rings. The molecule has 5 nitrogen and oxygen atoms in total. The number of sulfonamides is 1. The van der Waals surface area contributed by atoms with Crippen LogP contribution in [0.15, 0.2) is 0 Å². The van der Waals surface area contributed by atoms with Crippen LogP contribution in [-0.2, 0) is 14.8 Å². The van der Waals surface area contributed by atoms with Crippen LogP contribution in [-0.4, -0.2) is 57.0 Å². The summed E-state index contributed by atoms with van der Waals surface area (Å²) in [6.07, 6.45) is 10.7.